The minimum absolute atomic E-state index is 0.278. The Morgan fingerprint density at radius 3 is 1.56 bits per heavy atom. The molecule has 14 nitrogen and oxygen atoms in total. The van der Waals surface area contributed by atoms with Gasteiger partial charge in [0.2, 0.25) is 0 Å². The lowest BCUT2D eigenvalue weighted by molar-refractivity contribution is -0.193. The van der Waals surface area contributed by atoms with Gasteiger partial charge in [0, 0.05) is 62.7 Å². The van der Waals surface area contributed by atoms with Crippen molar-refractivity contribution >= 4 is 29.4 Å². The van der Waals surface area contributed by atoms with Crippen molar-refractivity contribution < 1.29 is 92.3 Å². The summed E-state index contributed by atoms with van der Waals surface area (Å²) < 4.78 is 129. The number of carbonyl (C=O) groups is 4. The third kappa shape index (κ3) is 17.5. The minimum Gasteiger partial charge on any atom is -0.475 e. The summed E-state index contributed by atoms with van der Waals surface area (Å²) in [5.74, 6) is -11.0. The first kappa shape index (κ1) is 49.0. The summed E-state index contributed by atoms with van der Waals surface area (Å²) in [5, 5.41) is 28.5. The maximum absolute atomic E-state index is 10.6. The van der Waals surface area contributed by atoms with E-state index in [-0.39, 0.29) is 6.04 Å². The van der Waals surface area contributed by atoms with Crippen LogP contribution in [0.15, 0.2) is 73.7 Å². The number of likely N-dealkylation sites (N-methyl/N-ethyl adjacent to an activating group) is 1. The van der Waals surface area contributed by atoms with Crippen LogP contribution in [0.2, 0.25) is 0 Å². The third-order valence-corrected chi connectivity index (χ3v) is 6.73. The summed E-state index contributed by atoms with van der Waals surface area (Å²) in [6.45, 7) is 4.01. The summed E-state index contributed by atoms with van der Waals surface area (Å²) in [7, 11) is 2.20. The summed E-state index contributed by atoms with van der Waals surface area (Å²) >= 11 is 0. The predicted molar refractivity (Wildman–Crippen MR) is 168 cm³/mol. The van der Waals surface area contributed by atoms with Crippen LogP contribution in [0.5, 0.6) is 0 Å². The highest BCUT2D eigenvalue weighted by molar-refractivity contribution is 5.74. The second-order valence-corrected chi connectivity index (χ2v) is 10.9. The first-order valence-corrected chi connectivity index (χ1v) is 14.9. The lowest BCUT2D eigenvalue weighted by Gasteiger charge is -2.39. The molecule has 1 fully saturated rings. The molecule has 0 radical (unpaired) electrons. The van der Waals surface area contributed by atoms with Gasteiger partial charge in [-0.05, 0) is 42.4 Å². The average molecular weight is 841 g/mol. The Kier molecular flexibility index (Phi) is 17.8. The molecule has 1 aliphatic rings. The molecule has 0 aromatic carbocycles. The van der Waals surface area contributed by atoms with E-state index in [1.54, 1.807) is 6.20 Å². The van der Waals surface area contributed by atoms with Gasteiger partial charge < -0.3 is 24.8 Å². The number of aliphatic carboxylic acids is 4. The third-order valence-electron chi connectivity index (χ3n) is 6.73. The smallest absolute Gasteiger partial charge is 0.475 e. The number of hydrogen-bond donors (Lipinski definition) is 4. The Morgan fingerprint density at radius 1 is 0.667 bits per heavy atom. The topological polar surface area (TPSA) is 199 Å². The van der Waals surface area contributed by atoms with Crippen molar-refractivity contribution in [2.75, 3.05) is 26.7 Å². The number of carboxylic acid groups (broad SMARTS) is 4. The highest BCUT2D eigenvalue weighted by atomic mass is 19.4. The van der Waals surface area contributed by atoms with Crippen LogP contribution in [0, 0.1) is 0 Å². The number of pyridine rings is 3. The minimum atomic E-state index is -5.08. The van der Waals surface area contributed by atoms with Crippen LogP contribution >= 0.6 is 0 Å². The van der Waals surface area contributed by atoms with Gasteiger partial charge in [-0.3, -0.25) is 19.8 Å². The molecule has 0 amide bonds. The number of rotatable bonds is 4. The Morgan fingerprint density at radius 2 is 1.14 bits per heavy atom. The zero-order chi connectivity index (χ0) is 43.9. The van der Waals surface area contributed by atoms with Crippen LogP contribution in [0.4, 0.5) is 52.7 Å². The summed E-state index contributed by atoms with van der Waals surface area (Å²) in [6.07, 6.45) is -8.84. The molecule has 26 heteroatoms. The number of halogens is 12. The second kappa shape index (κ2) is 20.7. The maximum Gasteiger partial charge on any atom is 0.490 e. The first-order chi connectivity index (χ1) is 26.0. The summed E-state index contributed by atoms with van der Waals surface area (Å²) in [4.78, 5) is 53.7. The lowest BCUT2D eigenvalue weighted by atomic mass is 10.1. The van der Waals surface area contributed by atoms with Crippen LogP contribution in [-0.4, -0.2) is 125 Å². The SMILES string of the molecule is CN1CCN(Cc2ccncc2)CC1c1ncn2cc(-c3cccnc3)ccc12.O=C(O)C(F)(F)F.O=C(O)C(F)(F)F.O=C(O)C(F)(F)F.O=C(O)C(F)(F)F. The van der Waals surface area contributed by atoms with Crippen LogP contribution in [-0.2, 0) is 25.7 Å². The normalized spacial score (nSPS) is 14.9. The van der Waals surface area contributed by atoms with Gasteiger partial charge in [-0.15, -0.1) is 0 Å². The maximum atomic E-state index is 10.6. The predicted octanol–water partition coefficient (Wildman–Crippen LogP) is 5.81. The standard InChI is InChI=1S/C23H24N6.4C2HF3O2/c1-27-11-12-28(14-18-6-9-24-10-7-18)16-22(27)23-21-5-4-20(15-29(21)17-26-23)19-3-2-8-25-13-19;4*3-2(4,5)1(6)7/h2-10,13,15,17,22H,11-12,14,16H2,1H3;4*(H,6,7). The van der Waals surface area contributed by atoms with Gasteiger partial charge in [-0.2, -0.15) is 52.7 Å². The molecule has 0 bridgehead atoms. The molecular formula is C31H28F12N6O8. The zero-order valence-corrected chi connectivity index (χ0v) is 28.5. The Balaban J connectivity index is 0.000000473. The van der Waals surface area contributed by atoms with Gasteiger partial charge in [0.1, 0.15) is 0 Å². The van der Waals surface area contributed by atoms with Gasteiger partial charge in [-0.25, -0.2) is 24.2 Å². The molecule has 4 aromatic rings. The molecule has 57 heavy (non-hydrogen) atoms. The van der Waals surface area contributed by atoms with Gasteiger partial charge in [-0.1, -0.05) is 12.1 Å². The van der Waals surface area contributed by atoms with E-state index in [2.05, 4.69) is 67.7 Å². The molecule has 1 aliphatic heterocycles. The monoisotopic (exact) mass is 840 g/mol. The second-order valence-electron chi connectivity index (χ2n) is 10.9. The molecule has 0 spiro atoms. The van der Waals surface area contributed by atoms with E-state index in [9.17, 15) is 52.7 Å². The van der Waals surface area contributed by atoms with E-state index in [1.807, 2.05) is 31.0 Å². The van der Waals surface area contributed by atoms with Crippen molar-refractivity contribution in [3.8, 4) is 11.1 Å². The molecule has 5 rings (SSSR count). The van der Waals surface area contributed by atoms with Crippen molar-refractivity contribution in [1.82, 2.24) is 29.2 Å². The van der Waals surface area contributed by atoms with Gasteiger partial charge >= 0.3 is 48.6 Å². The highest BCUT2D eigenvalue weighted by Gasteiger charge is 2.40. The Labute approximate surface area is 311 Å². The fourth-order valence-corrected chi connectivity index (χ4v) is 4.10. The number of imidazole rings is 1. The molecule has 4 N–H and O–H groups in total. The van der Waals surface area contributed by atoms with E-state index < -0.39 is 48.6 Å². The largest absolute Gasteiger partial charge is 0.490 e. The molecule has 4 aromatic heterocycles. The average Bonchev–Trinajstić information content (AvgIpc) is 3.52. The molecule has 314 valence electrons. The summed E-state index contributed by atoms with van der Waals surface area (Å²) in [6, 6.07) is 12.9. The van der Waals surface area contributed by atoms with E-state index in [0.29, 0.717) is 0 Å². The molecule has 0 aliphatic carbocycles. The van der Waals surface area contributed by atoms with E-state index in [4.69, 9.17) is 44.6 Å². The number of fused-ring (bicyclic) bond motifs is 1. The van der Waals surface area contributed by atoms with Crippen LogP contribution < -0.4 is 0 Å². The van der Waals surface area contributed by atoms with Crippen molar-refractivity contribution in [3.05, 3.63) is 85.0 Å². The highest BCUT2D eigenvalue weighted by Crippen LogP contribution is 2.29. The number of nitrogens with zero attached hydrogens (tertiary/aromatic N) is 6. The van der Waals surface area contributed by atoms with E-state index in [0.717, 1.165) is 43.0 Å². The van der Waals surface area contributed by atoms with E-state index >= 15 is 0 Å². The van der Waals surface area contributed by atoms with Crippen LogP contribution in [0.3, 0.4) is 0 Å². The van der Waals surface area contributed by atoms with Gasteiger partial charge in [0.05, 0.1) is 23.6 Å². The Bertz CT molecular complexity index is 1810. The quantitative estimate of drug-likeness (QED) is 0.180. The summed E-state index contributed by atoms with van der Waals surface area (Å²) in [5.41, 5.74) is 5.87. The zero-order valence-electron chi connectivity index (χ0n) is 28.5. The molecule has 1 unspecified atom stereocenters. The number of hydrogen-bond acceptors (Lipinski definition) is 9. The molecule has 1 atom stereocenters. The van der Waals surface area contributed by atoms with E-state index in [1.165, 1.54) is 11.1 Å². The molecule has 0 saturated carbocycles. The lowest BCUT2D eigenvalue weighted by Crippen LogP contribution is -2.46. The van der Waals surface area contributed by atoms with Crippen molar-refractivity contribution in [2.45, 2.75) is 37.3 Å². The van der Waals surface area contributed by atoms with Crippen molar-refractivity contribution in [1.29, 1.82) is 0 Å². The Hall–Kier alpha value is -6.05. The number of aromatic nitrogens is 4. The number of alkyl halides is 12. The van der Waals surface area contributed by atoms with Crippen molar-refractivity contribution in [3.63, 3.8) is 0 Å². The van der Waals surface area contributed by atoms with Gasteiger partial charge in [0.25, 0.3) is 0 Å². The van der Waals surface area contributed by atoms with Gasteiger partial charge in [0.15, 0.2) is 0 Å². The molecular weight excluding hydrogens is 812 g/mol. The molecule has 1 saturated heterocycles. The van der Waals surface area contributed by atoms with Crippen LogP contribution in [0.1, 0.15) is 17.3 Å². The number of piperazine rings is 1. The molecule has 5 heterocycles. The van der Waals surface area contributed by atoms with Crippen LogP contribution in [0.25, 0.3) is 16.6 Å². The number of carboxylic acids is 4. The fraction of sp³-hybridized carbons (Fsp3) is 0.323. The fourth-order valence-electron chi connectivity index (χ4n) is 4.10. The first-order valence-electron chi connectivity index (χ1n) is 14.9. The van der Waals surface area contributed by atoms with Crippen molar-refractivity contribution in [2.24, 2.45) is 0 Å².